The maximum absolute atomic E-state index is 12.1. The summed E-state index contributed by atoms with van der Waals surface area (Å²) in [5.41, 5.74) is 0.572. The second kappa shape index (κ2) is 6.43. The number of halogens is 3. The number of ketones is 1. The van der Waals surface area contributed by atoms with E-state index in [1.54, 1.807) is 12.1 Å². The minimum atomic E-state index is -0.718. The van der Waals surface area contributed by atoms with Gasteiger partial charge in [-0.25, -0.2) is 0 Å². The van der Waals surface area contributed by atoms with Crippen molar-refractivity contribution in [1.82, 2.24) is 0 Å². The minimum absolute atomic E-state index is 0.144. The molecule has 0 fully saturated rings. The Kier molecular flexibility index (Phi) is 4.82. The van der Waals surface area contributed by atoms with E-state index in [0.717, 1.165) is 6.07 Å². The molecule has 2 rings (SSSR count). The number of rotatable bonds is 4. The first-order chi connectivity index (χ1) is 9.88. The van der Waals surface area contributed by atoms with Crippen molar-refractivity contribution in [2.75, 3.05) is 0 Å². The number of nitrogens with zero attached hydrogens (tertiary/aromatic N) is 1. The number of carbonyl (C=O) groups excluding carboxylic acids is 1. The van der Waals surface area contributed by atoms with Gasteiger partial charge in [0.25, 0.3) is 0 Å². The molecule has 1 aromatic carbocycles. The molecule has 1 heterocycles. The highest BCUT2D eigenvalue weighted by atomic mass is 79.9. The predicted molar refractivity (Wildman–Crippen MR) is 83.1 cm³/mol. The van der Waals surface area contributed by atoms with Crippen LogP contribution in [-0.4, -0.2) is 10.7 Å². The number of hydrogen-bond acceptors (Lipinski definition) is 4. The highest BCUT2D eigenvalue weighted by Crippen LogP contribution is 2.27. The Balaban J connectivity index is 2.29. The third kappa shape index (κ3) is 3.72. The van der Waals surface area contributed by atoms with Gasteiger partial charge in [-0.05, 0) is 45.8 Å². The molecule has 0 atom stereocenters. The molecule has 2 aromatic rings. The molecule has 1 aromatic heterocycles. The Morgan fingerprint density at radius 3 is 2.57 bits per heavy atom. The molecule has 0 spiro atoms. The Labute approximate surface area is 137 Å². The van der Waals surface area contributed by atoms with Crippen LogP contribution >= 0.6 is 39.1 Å². The van der Waals surface area contributed by atoms with Crippen molar-refractivity contribution in [3.05, 3.63) is 66.3 Å². The van der Waals surface area contributed by atoms with Gasteiger partial charge in [0.1, 0.15) is 4.92 Å². The van der Waals surface area contributed by atoms with Crippen molar-refractivity contribution < 1.29 is 14.1 Å². The maximum Gasteiger partial charge on any atom is 0.433 e. The number of nitro groups is 1. The van der Waals surface area contributed by atoms with Crippen molar-refractivity contribution in [2.45, 2.75) is 0 Å². The molecule has 0 radical (unpaired) electrons. The summed E-state index contributed by atoms with van der Waals surface area (Å²) in [6.07, 6.45) is 1.48. The van der Waals surface area contributed by atoms with Crippen LogP contribution in [0.1, 0.15) is 16.1 Å². The minimum Gasteiger partial charge on any atom is -0.397 e. The zero-order chi connectivity index (χ0) is 15.6. The van der Waals surface area contributed by atoms with E-state index < -0.39 is 16.6 Å². The zero-order valence-corrected chi connectivity index (χ0v) is 13.3. The van der Waals surface area contributed by atoms with Gasteiger partial charge in [0, 0.05) is 10.0 Å². The van der Waals surface area contributed by atoms with E-state index in [4.69, 9.17) is 27.6 Å². The van der Waals surface area contributed by atoms with Gasteiger partial charge in [0.15, 0.2) is 5.76 Å². The summed E-state index contributed by atoms with van der Waals surface area (Å²) in [5.74, 6) is -1.17. The topological polar surface area (TPSA) is 73.3 Å². The number of furan rings is 1. The summed E-state index contributed by atoms with van der Waals surface area (Å²) in [7, 11) is 0. The molecule has 0 saturated carbocycles. The fourth-order valence-corrected chi connectivity index (χ4v) is 2.39. The van der Waals surface area contributed by atoms with Gasteiger partial charge >= 0.3 is 5.88 Å². The van der Waals surface area contributed by atoms with Gasteiger partial charge < -0.3 is 4.42 Å². The Bertz CT molecular complexity index is 754. The standard InChI is InChI=1S/C13H6BrCl2NO4/c14-9(5-7-1-2-8(15)6-10(7)16)13(18)11-3-4-12(21-11)17(19)20/h1-6H/b9-5-. The van der Waals surface area contributed by atoms with Gasteiger partial charge in [0.05, 0.1) is 10.5 Å². The van der Waals surface area contributed by atoms with Gasteiger partial charge in [-0.1, -0.05) is 29.3 Å². The lowest BCUT2D eigenvalue weighted by molar-refractivity contribution is -0.402. The molecule has 0 unspecified atom stereocenters. The lowest BCUT2D eigenvalue weighted by Gasteiger charge is -2.00. The number of hydrogen-bond donors (Lipinski definition) is 0. The van der Waals surface area contributed by atoms with Gasteiger partial charge in [-0.2, -0.15) is 0 Å². The molecule has 0 aliphatic carbocycles. The van der Waals surface area contributed by atoms with Gasteiger partial charge in [-0.3, -0.25) is 14.9 Å². The first-order valence-corrected chi connectivity index (χ1v) is 7.04. The predicted octanol–water partition coefficient (Wildman–Crippen LogP) is 5.11. The van der Waals surface area contributed by atoms with Crippen LogP contribution in [0.25, 0.3) is 6.08 Å². The molecule has 21 heavy (non-hydrogen) atoms. The van der Waals surface area contributed by atoms with Crippen molar-refractivity contribution in [3.63, 3.8) is 0 Å². The molecule has 5 nitrogen and oxygen atoms in total. The molecule has 0 N–H and O–H groups in total. The van der Waals surface area contributed by atoms with Crippen LogP contribution in [-0.2, 0) is 0 Å². The molecular formula is C13H6BrCl2NO4. The Morgan fingerprint density at radius 2 is 2.00 bits per heavy atom. The number of carbonyl (C=O) groups is 1. The largest absolute Gasteiger partial charge is 0.433 e. The van der Waals surface area contributed by atoms with Gasteiger partial charge in [-0.15, -0.1) is 0 Å². The lowest BCUT2D eigenvalue weighted by Crippen LogP contribution is -1.96. The van der Waals surface area contributed by atoms with Crippen LogP contribution in [0, 0.1) is 10.1 Å². The van der Waals surface area contributed by atoms with E-state index in [-0.39, 0.29) is 10.2 Å². The van der Waals surface area contributed by atoms with Crippen LogP contribution in [0.3, 0.4) is 0 Å². The molecule has 0 aliphatic rings. The first-order valence-electron chi connectivity index (χ1n) is 5.49. The van der Waals surface area contributed by atoms with E-state index in [2.05, 4.69) is 15.9 Å². The second-order valence-electron chi connectivity index (χ2n) is 3.88. The summed E-state index contributed by atoms with van der Waals surface area (Å²) < 4.78 is 4.99. The van der Waals surface area contributed by atoms with Crippen molar-refractivity contribution in [1.29, 1.82) is 0 Å². The monoisotopic (exact) mass is 389 g/mol. The van der Waals surface area contributed by atoms with Crippen molar-refractivity contribution in [2.24, 2.45) is 0 Å². The van der Waals surface area contributed by atoms with E-state index in [9.17, 15) is 14.9 Å². The van der Waals surface area contributed by atoms with E-state index >= 15 is 0 Å². The number of Topliss-reactive ketones (excluding diaryl/α,β-unsaturated/α-hetero) is 1. The van der Waals surface area contributed by atoms with Crippen LogP contribution < -0.4 is 0 Å². The molecule has 108 valence electrons. The fraction of sp³-hybridized carbons (Fsp3) is 0. The van der Waals surface area contributed by atoms with Gasteiger partial charge in [0.2, 0.25) is 5.78 Å². The quantitative estimate of drug-likeness (QED) is 0.314. The molecule has 0 aliphatic heterocycles. The lowest BCUT2D eigenvalue weighted by atomic mass is 10.2. The highest BCUT2D eigenvalue weighted by molar-refractivity contribution is 9.12. The third-order valence-corrected chi connectivity index (χ3v) is 3.61. The summed E-state index contributed by atoms with van der Waals surface area (Å²) in [5, 5.41) is 11.4. The zero-order valence-electron chi connectivity index (χ0n) is 10.2. The van der Waals surface area contributed by atoms with Crippen LogP contribution in [0.15, 0.2) is 39.2 Å². The van der Waals surface area contributed by atoms with Crippen molar-refractivity contribution in [3.8, 4) is 0 Å². The smallest absolute Gasteiger partial charge is 0.397 e. The average molecular weight is 391 g/mol. The first kappa shape index (κ1) is 15.8. The van der Waals surface area contributed by atoms with Crippen LogP contribution in [0.2, 0.25) is 10.0 Å². The number of benzene rings is 1. The van der Waals surface area contributed by atoms with Crippen LogP contribution in [0.5, 0.6) is 0 Å². The Hall–Kier alpha value is -1.63. The van der Waals surface area contributed by atoms with Crippen molar-refractivity contribution >= 4 is 56.9 Å². The molecule has 0 amide bonds. The number of allylic oxidation sites excluding steroid dienone is 1. The Morgan fingerprint density at radius 1 is 1.29 bits per heavy atom. The average Bonchev–Trinajstić information content (AvgIpc) is 2.90. The van der Waals surface area contributed by atoms with E-state index in [1.807, 2.05) is 0 Å². The molecular weight excluding hydrogens is 385 g/mol. The SMILES string of the molecule is O=C(/C(Br)=C/c1ccc(Cl)cc1Cl)c1ccc([N+](=O)[O-])o1. The highest BCUT2D eigenvalue weighted by Gasteiger charge is 2.19. The summed E-state index contributed by atoms with van der Waals surface area (Å²) >= 11 is 14.9. The summed E-state index contributed by atoms with van der Waals surface area (Å²) in [6.45, 7) is 0. The molecule has 0 bridgehead atoms. The summed E-state index contributed by atoms with van der Waals surface area (Å²) in [6, 6.07) is 7.16. The van der Waals surface area contributed by atoms with E-state index in [0.29, 0.717) is 15.6 Å². The normalized spacial score (nSPS) is 11.5. The molecule has 0 saturated heterocycles. The maximum atomic E-state index is 12.1. The molecule has 8 heteroatoms. The second-order valence-corrected chi connectivity index (χ2v) is 5.58. The van der Waals surface area contributed by atoms with Crippen LogP contribution in [0.4, 0.5) is 5.88 Å². The fourth-order valence-electron chi connectivity index (χ4n) is 1.49. The van der Waals surface area contributed by atoms with E-state index in [1.165, 1.54) is 18.2 Å². The third-order valence-electron chi connectivity index (χ3n) is 2.46. The summed E-state index contributed by atoms with van der Waals surface area (Å²) in [4.78, 5) is 21.9.